The van der Waals surface area contributed by atoms with Crippen LogP contribution in [-0.2, 0) is 4.74 Å². The first-order valence-corrected chi connectivity index (χ1v) is 8.38. The maximum Gasteiger partial charge on any atom is 0.115 e. The lowest BCUT2D eigenvalue weighted by Crippen LogP contribution is -2.18. The molecule has 0 atom stereocenters. The number of unbranched alkanes of at least 4 members (excludes halogenated alkanes) is 2. The zero-order valence-electron chi connectivity index (χ0n) is 12.6. The third-order valence-electron chi connectivity index (χ3n) is 4.63. The van der Waals surface area contributed by atoms with Crippen molar-refractivity contribution >= 4 is 0 Å². The molecule has 1 fully saturated rings. The minimum absolute atomic E-state index is 0.804. The smallest absolute Gasteiger partial charge is 0.115 e. The molecule has 0 radical (unpaired) electrons. The molecule has 0 N–H and O–H groups in total. The fourth-order valence-electron chi connectivity index (χ4n) is 3.28. The molecule has 0 amide bonds. The lowest BCUT2D eigenvalue weighted by Gasteiger charge is -2.28. The monoisotopic (exact) mass is 262 g/mol. The van der Waals surface area contributed by atoms with Gasteiger partial charge in [0.15, 0.2) is 0 Å². The van der Waals surface area contributed by atoms with E-state index >= 15 is 0 Å². The van der Waals surface area contributed by atoms with Crippen molar-refractivity contribution in [3.05, 3.63) is 24.0 Å². The number of hydrogen-bond acceptors (Lipinski definition) is 1. The van der Waals surface area contributed by atoms with Gasteiger partial charge in [0.2, 0.25) is 0 Å². The zero-order valence-corrected chi connectivity index (χ0v) is 12.6. The topological polar surface area (TPSA) is 9.23 Å². The van der Waals surface area contributed by atoms with Gasteiger partial charge in [0, 0.05) is 0 Å². The summed E-state index contributed by atoms with van der Waals surface area (Å²) in [4.78, 5) is 0. The highest BCUT2D eigenvalue weighted by atomic mass is 16.5. The molecule has 19 heavy (non-hydrogen) atoms. The first-order chi connectivity index (χ1) is 9.38. The summed E-state index contributed by atoms with van der Waals surface area (Å²) in [6.45, 7) is 3.24. The highest BCUT2D eigenvalue weighted by Gasteiger charge is 2.21. The Bertz CT molecular complexity index is 295. The molecule has 0 bridgehead atoms. The normalized spacial score (nSPS) is 27.1. The molecular weight excluding hydrogens is 232 g/mol. The van der Waals surface area contributed by atoms with E-state index in [-0.39, 0.29) is 0 Å². The molecule has 0 aromatic heterocycles. The summed E-state index contributed by atoms with van der Waals surface area (Å²) in [5, 5.41) is 0. The van der Waals surface area contributed by atoms with Crippen molar-refractivity contribution in [2.45, 2.75) is 71.1 Å². The predicted octanol–water partition coefficient (Wildman–Crippen LogP) is 5.62. The maximum absolute atomic E-state index is 5.93. The quantitative estimate of drug-likeness (QED) is 0.541. The van der Waals surface area contributed by atoms with E-state index in [1.165, 1.54) is 57.8 Å². The van der Waals surface area contributed by atoms with Gasteiger partial charge in [-0.05, 0) is 49.7 Å². The van der Waals surface area contributed by atoms with Gasteiger partial charge in [-0.15, -0.1) is 0 Å². The average molecular weight is 262 g/mol. The Morgan fingerprint density at radius 3 is 2.53 bits per heavy atom. The lowest BCUT2D eigenvalue weighted by atomic mass is 9.80. The third kappa shape index (κ3) is 5.42. The van der Waals surface area contributed by atoms with Gasteiger partial charge < -0.3 is 4.74 Å². The summed E-state index contributed by atoms with van der Waals surface area (Å²) in [6, 6.07) is 0. The van der Waals surface area contributed by atoms with Crippen LogP contribution in [0.5, 0.6) is 0 Å². The number of allylic oxidation sites excluding steroid dienone is 3. The van der Waals surface area contributed by atoms with Crippen molar-refractivity contribution in [3.8, 4) is 0 Å². The van der Waals surface area contributed by atoms with Gasteiger partial charge in [-0.3, -0.25) is 0 Å². The molecule has 108 valence electrons. The standard InChI is InChI=1S/C18H30O/c1-2-3-5-8-16-11-13-17(14-12-16)15-19-18-9-6-4-7-10-18/h6,9-10,16-17H,2-5,7-8,11-15H2,1H3. The molecule has 0 heterocycles. The van der Waals surface area contributed by atoms with Crippen molar-refractivity contribution in [2.75, 3.05) is 6.61 Å². The molecule has 0 saturated heterocycles. The minimum atomic E-state index is 0.804. The van der Waals surface area contributed by atoms with Crippen LogP contribution < -0.4 is 0 Å². The van der Waals surface area contributed by atoms with E-state index in [1.807, 2.05) is 0 Å². The van der Waals surface area contributed by atoms with Crippen LogP contribution in [0.2, 0.25) is 0 Å². The van der Waals surface area contributed by atoms with Crippen molar-refractivity contribution in [1.29, 1.82) is 0 Å². The largest absolute Gasteiger partial charge is 0.494 e. The van der Waals surface area contributed by atoms with E-state index in [4.69, 9.17) is 4.74 Å². The van der Waals surface area contributed by atoms with Crippen LogP contribution in [0.25, 0.3) is 0 Å². The second-order valence-electron chi connectivity index (χ2n) is 6.28. The second kappa shape index (κ2) is 8.45. The molecule has 2 aliphatic carbocycles. The first kappa shape index (κ1) is 14.7. The lowest BCUT2D eigenvalue weighted by molar-refractivity contribution is 0.131. The highest BCUT2D eigenvalue weighted by Crippen LogP contribution is 2.32. The molecule has 0 aromatic rings. The summed E-state index contributed by atoms with van der Waals surface area (Å²) in [5.74, 6) is 2.92. The number of ether oxygens (including phenoxy) is 1. The average Bonchev–Trinajstić information content (AvgIpc) is 2.48. The second-order valence-corrected chi connectivity index (χ2v) is 6.28. The molecule has 1 saturated carbocycles. The van der Waals surface area contributed by atoms with Gasteiger partial charge in [0.05, 0.1) is 6.61 Å². The van der Waals surface area contributed by atoms with Crippen LogP contribution >= 0.6 is 0 Å². The summed E-state index contributed by atoms with van der Waals surface area (Å²) >= 11 is 0. The van der Waals surface area contributed by atoms with E-state index < -0.39 is 0 Å². The van der Waals surface area contributed by atoms with Crippen LogP contribution in [0.4, 0.5) is 0 Å². The van der Waals surface area contributed by atoms with Gasteiger partial charge in [-0.2, -0.15) is 0 Å². The number of hydrogen-bond donors (Lipinski definition) is 0. The van der Waals surface area contributed by atoms with Crippen molar-refractivity contribution in [3.63, 3.8) is 0 Å². The van der Waals surface area contributed by atoms with Crippen LogP contribution in [0.15, 0.2) is 24.0 Å². The zero-order chi connectivity index (χ0) is 13.3. The fraction of sp³-hybridized carbons (Fsp3) is 0.778. The molecule has 2 aliphatic rings. The first-order valence-electron chi connectivity index (χ1n) is 8.38. The Morgan fingerprint density at radius 1 is 1.05 bits per heavy atom. The minimum Gasteiger partial charge on any atom is -0.494 e. The van der Waals surface area contributed by atoms with Crippen LogP contribution in [0, 0.1) is 11.8 Å². The molecule has 0 spiro atoms. The summed E-state index contributed by atoms with van der Waals surface area (Å²) in [6.07, 6.45) is 20.2. The van der Waals surface area contributed by atoms with E-state index in [0.717, 1.165) is 30.6 Å². The molecule has 1 nitrogen and oxygen atoms in total. The predicted molar refractivity (Wildman–Crippen MR) is 82.0 cm³/mol. The van der Waals surface area contributed by atoms with E-state index in [9.17, 15) is 0 Å². The Hall–Kier alpha value is -0.720. The fourth-order valence-corrected chi connectivity index (χ4v) is 3.28. The van der Waals surface area contributed by atoms with Crippen LogP contribution in [-0.4, -0.2) is 6.61 Å². The molecular formula is C18H30O. The Kier molecular flexibility index (Phi) is 6.53. The van der Waals surface area contributed by atoms with Crippen LogP contribution in [0.1, 0.15) is 71.1 Å². The molecule has 2 rings (SSSR count). The van der Waals surface area contributed by atoms with Gasteiger partial charge >= 0.3 is 0 Å². The Morgan fingerprint density at radius 2 is 1.84 bits per heavy atom. The van der Waals surface area contributed by atoms with Crippen molar-refractivity contribution < 1.29 is 4.74 Å². The van der Waals surface area contributed by atoms with Crippen LogP contribution in [0.3, 0.4) is 0 Å². The molecule has 0 aliphatic heterocycles. The summed E-state index contributed by atoms with van der Waals surface area (Å²) < 4.78 is 5.93. The Balaban J connectivity index is 1.58. The van der Waals surface area contributed by atoms with Gasteiger partial charge in [0.1, 0.15) is 5.76 Å². The number of rotatable bonds is 7. The molecule has 1 heteroatoms. The molecule has 0 unspecified atom stereocenters. The van der Waals surface area contributed by atoms with Gasteiger partial charge in [-0.1, -0.05) is 51.5 Å². The molecule has 0 aromatic carbocycles. The van der Waals surface area contributed by atoms with Crippen molar-refractivity contribution in [1.82, 2.24) is 0 Å². The van der Waals surface area contributed by atoms with Gasteiger partial charge in [-0.25, -0.2) is 0 Å². The SMILES string of the molecule is CCCCCC1CCC(COC2=CCCC=C2)CC1. The maximum atomic E-state index is 5.93. The van der Waals surface area contributed by atoms with Gasteiger partial charge in [0.25, 0.3) is 0 Å². The van der Waals surface area contributed by atoms with E-state index in [2.05, 4.69) is 25.2 Å². The highest BCUT2D eigenvalue weighted by molar-refractivity contribution is 5.15. The van der Waals surface area contributed by atoms with E-state index in [0.29, 0.717) is 0 Å². The third-order valence-corrected chi connectivity index (χ3v) is 4.63. The van der Waals surface area contributed by atoms with E-state index in [1.54, 1.807) is 0 Å². The summed E-state index contributed by atoms with van der Waals surface area (Å²) in [7, 11) is 0. The summed E-state index contributed by atoms with van der Waals surface area (Å²) in [5.41, 5.74) is 0. The Labute approximate surface area is 119 Å². The van der Waals surface area contributed by atoms with Crippen molar-refractivity contribution in [2.24, 2.45) is 11.8 Å².